The van der Waals surface area contributed by atoms with E-state index in [1.807, 2.05) is 20.8 Å². The minimum Gasteiger partial charge on any atom is -0.468 e. The van der Waals surface area contributed by atoms with Gasteiger partial charge in [-0.1, -0.05) is 25.8 Å². The molecule has 1 heterocycles. The minimum atomic E-state index is -0.496. The third-order valence-electron chi connectivity index (χ3n) is 12.5. The first-order valence-corrected chi connectivity index (χ1v) is 20.9. The van der Waals surface area contributed by atoms with E-state index in [-0.39, 0.29) is 24.8 Å². The Labute approximate surface area is 326 Å². The van der Waals surface area contributed by atoms with Crippen LogP contribution < -0.4 is 4.74 Å². The van der Waals surface area contributed by atoms with Crippen LogP contribution in [0.3, 0.4) is 0 Å². The first-order valence-electron chi connectivity index (χ1n) is 20.9. The zero-order valence-electron chi connectivity index (χ0n) is 34.5. The third kappa shape index (κ3) is 12.6. The van der Waals surface area contributed by atoms with Crippen LogP contribution >= 0.6 is 0 Å². The Morgan fingerprint density at radius 2 is 1.54 bits per heavy atom. The van der Waals surface area contributed by atoms with E-state index < -0.39 is 5.60 Å². The number of hydrogen-bond donors (Lipinski definition) is 0. The minimum absolute atomic E-state index is 0.0527. The molecule has 0 amide bonds. The van der Waals surface area contributed by atoms with Crippen LogP contribution in [0.25, 0.3) is 0 Å². The van der Waals surface area contributed by atoms with Gasteiger partial charge in [0.1, 0.15) is 24.8 Å². The fourth-order valence-corrected chi connectivity index (χ4v) is 9.96. The van der Waals surface area contributed by atoms with Gasteiger partial charge in [0.25, 0.3) is 0 Å². The van der Waals surface area contributed by atoms with Gasteiger partial charge >= 0.3 is 5.97 Å². The highest BCUT2D eigenvalue weighted by Crippen LogP contribution is 2.63. The standard InChI is InChI=1S/C43H72N2O9/c1-42(2,3)54-40(46)30-51-27-26-50-25-24-49-23-22-45-20-18-44(19-21-45)17-9-7-8-10-33-28-34-29-35(52-31-47-5)11-12-36(34)37-15-16-43(4)38(41(33)37)13-14-39(43)53-32-48-6/h11-12,29,33,37-39,41H,7-10,13-28,30-32H2,1-6H3/t33-,37-,38+,39+,41-,43+/m1/s1. The summed E-state index contributed by atoms with van der Waals surface area (Å²) in [6.07, 6.45) is 11.5. The fourth-order valence-electron chi connectivity index (χ4n) is 9.96. The number of methoxy groups -OCH3 is 2. The van der Waals surface area contributed by atoms with Crippen molar-refractivity contribution in [3.05, 3.63) is 29.3 Å². The molecule has 3 aliphatic carbocycles. The van der Waals surface area contributed by atoms with Gasteiger partial charge in [0.2, 0.25) is 0 Å². The van der Waals surface area contributed by atoms with Gasteiger partial charge in [-0.2, -0.15) is 0 Å². The van der Waals surface area contributed by atoms with Crippen molar-refractivity contribution in [2.24, 2.45) is 23.2 Å². The lowest BCUT2D eigenvalue weighted by molar-refractivity contribution is -0.160. The third-order valence-corrected chi connectivity index (χ3v) is 12.5. The molecule has 0 bridgehead atoms. The van der Waals surface area contributed by atoms with E-state index in [1.54, 1.807) is 19.8 Å². The molecule has 4 aliphatic rings. The summed E-state index contributed by atoms with van der Waals surface area (Å²) < 4.78 is 44.7. The average Bonchev–Trinajstić information content (AvgIpc) is 3.48. The molecule has 1 aromatic rings. The lowest BCUT2D eigenvalue weighted by Gasteiger charge is -2.53. The van der Waals surface area contributed by atoms with Crippen molar-refractivity contribution >= 4 is 5.97 Å². The summed E-state index contributed by atoms with van der Waals surface area (Å²) in [5.41, 5.74) is 2.81. The van der Waals surface area contributed by atoms with Crippen LogP contribution in [-0.4, -0.2) is 134 Å². The van der Waals surface area contributed by atoms with Crippen LogP contribution in [0, 0.1) is 23.2 Å². The molecule has 2 saturated carbocycles. The molecule has 5 rings (SSSR count). The van der Waals surface area contributed by atoms with Gasteiger partial charge in [0.05, 0.1) is 39.1 Å². The van der Waals surface area contributed by atoms with Gasteiger partial charge in [-0.15, -0.1) is 0 Å². The molecule has 0 radical (unpaired) electrons. The van der Waals surface area contributed by atoms with Crippen molar-refractivity contribution < 1.29 is 42.7 Å². The molecule has 1 aliphatic heterocycles. The van der Waals surface area contributed by atoms with Crippen molar-refractivity contribution in [1.29, 1.82) is 0 Å². The van der Waals surface area contributed by atoms with Crippen molar-refractivity contribution in [1.82, 2.24) is 9.80 Å². The molecule has 11 heteroatoms. The number of esters is 1. The van der Waals surface area contributed by atoms with Crippen LogP contribution in [0.2, 0.25) is 0 Å². The quantitative estimate of drug-likeness (QED) is 0.0714. The molecule has 1 saturated heterocycles. The second kappa shape index (κ2) is 21.6. The summed E-state index contributed by atoms with van der Waals surface area (Å²) in [7, 11) is 3.42. The SMILES string of the molecule is COCOc1ccc2c(c1)C[C@@H](CCCCCN1CCN(CCOCCOCCOCC(=O)OC(C)(C)C)CC1)[C@@H]1[C@@H]2CC[C@]2(C)[C@@H](OCOC)CC[C@@H]12. The number of rotatable bonds is 23. The Morgan fingerprint density at radius 3 is 2.26 bits per heavy atom. The molecular formula is C43H72N2O9. The molecule has 1 aromatic carbocycles. The van der Waals surface area contributed by atoms with Gasteiger partial charge < -0.3 is 42.8 Å². The number of carbonyl (C=O) groups is 1. The van der Waals surface area contributed by atoms with Gasteiger partial charge in [-0.25, -0.2) is 4.79 Å². The number of piperazine rings is 1. The van der Waals surface area contributed by atoms with Crippen molar-refractivity contribution in [2.75, 3.05) is 107 Å². The predicted octanol–water partition coefficient (Wildman–Crippen LogP) is 6.31. The van der Waals surface area contributed by atoms with Gasteiger partial charge in [-0.05, 0) is 125 Å². The van der Waals surface area contributed by atoms with Crippen molar-refractivity contribution in [3.63, 3.8) is 0 Å². The number of nitrogens with zero attached hydrogens (tertiary/aromatic N) is 2. The molecule has 11 nitrogen and oxygen atoms in total. The monoisotopic (exact) mass is 761 g/mol. The summed E-state index contributed by atoms with van der Waals surface area (Å²) >= 11 is 0. The number of ether oxygens (including phenoxy) is 8. The number of hydrogen-bond acceptors (Lipinski definition) is 11. The molecule has 308 valence electrons. The van der Waals surface area contributed by atoms with E-state index >= 15 is 0 Å². The van der Waals surface area contributed by atoms with Crippen LogP contribution in [-0.2, 0) is 44.4 Å². The maximum absolute atomic E-state index is 11.7. The molecular weight excluding hydrogens is 688 g/mol. The summed E-state index contributed by atoms with van der Waals surface area (Å²) in [5.74, 6) is 3.34. The maximum Gasteiger partial charge on any atom is 0.332 e. The second-order valence-corrected chi connectivity index (χ2v) is 17.2. The molecule has 0 spiro atoms. The molecule has 3 fully saturated rings. The number of fused-ring (bicyclic) bond motifs is 5. The summed E-state index contributed by atoms with van der Waals surface area (Å²) in [6.45, 7) is 17.9. The Morgan fingerprint density at radius 1 is 0.833 bits per heavy atom. The smallest absolute Gasteiger partial charge is 0.332 e. The van der Waals surface area contributed by atoms with E-state index in [1.165, 1.54) is 57.1 Å². The summed E-state index contributed by atoms with van der Waals surface area (Å²) in [5, 5.41) is 0. The Balaban J connectivity index is 0.971. The largest absolute Gasteiger partial charge is 0.468 e. The summed E-state index contributed by atoms with van der Waals surface area (Å²) in [6, 6.07) is 6.83. The van der Waals surface area contributed by atoms with Crippen LogP contribution in [0.4, 0.5) is 0 Å². The Hall–Kier alpha value is -1.83. The lowest BCUT2D eigenvalue weighted by Crippen LogP contribution is -2.48. The highest BCUT2D eigenvalue weighted by molar-refractivity contribution is 5.71. The van der Waals surface area contributed by atoms with E-state index in [9.17, 15) is 4.79 Å². The molecule has 0 unspecified atom stereocenters. The Bertz CT molecular complexity index is 1250. The summed E-state index contributed by atoms with van der Waals surface area (Å²) in [4.78, 5) is 16.8. The fraction of sp³-hybridized carbons (Fsp3) is 0.837. The average molecular weight is 761 g/mol. The number of unbranched alkanes of at least 4 members (excludes halogenated alkanes) is 2. The first kappa shape index (κ1) is 43.3. The molecule has 0 N–H and O–H groups in total. The maximum atomic E-state index is 11.7. The van der Waals surface area contributed by atoms with E-state index in [0.717, 1.165) is 57.2 Å². The Kier molecular flexibility index (Phi) is 17.3. The normalized spacial score (nSPS) is 27.3. The second-order valence-electron chi connectivity index (χ2n) is 17.2. The molecule has 54 heavy (non-hydrogen) atoms. The van der Waals surface area contributed by atoms with E-state index in [0.29, 0.717) is 63.7 Å². The van der Waals surface area contributed by atoms with Gasteiger partial charge in [0.15, 0.2) is 6.79 Å². The number of carbonyl (C=O) groups excluding carboxylic acids is 1. The highest BCUT2D eigenvalue weighted by Gasteiger charge is 2.57. The van der Waals surface area contributed by atoms with Gasteiger partial charge in [0, 0.05) is 46.9 Å². The zero-order valence-corrected chi connectivity index (χ0v) is 34.5. The van der Waals surface area contributed by atoms with Crippen LogP contribution in [0.15, 0.2) is 18.2 Å². The topological polar surface area (TPSA) is 97.4 Å². The molecule has 0 aromatic heterocycles. The number of benzene rings is 1. The van der Waals surface area contributed by atoms with Crippen molar-refractivity contribution in [3.8, 4) is 5.75 Å². The highest BCUT2D eigenvalue weighted by atomic mass is 16.7. The van der Waals surface area contributed by atoms with Crippen molar-refractivity contribution in [2.45, 2.75) is 103 Å². The van der Waals surface area contributed by atoms with E-state index in [4.69, 9.17) is 37.9 Å². The zero-order chi connectivity index (χ0) is 38.4. The first-order chi connectivity index (χ1) is 26.1. The lowest BCUT2D eigenvalue weighted by atomic mass is 9.52. The van der Waals surface area contributed by atoms with Gasteiger partial charge in [-0.3, -0.25) is 4.90 Å². The van der Waals surface area contributed by atoms with E-state index in [2.05, 4.69) is 34.9 Å². The predicted molar refractivity (Wildman–Crippen MR) is 209 cm³/mol. The van der Waals surface area contributed by atoms with Crippen LogP contribution in [0.5, 0.6) is 5.75 Å². The van der Waals surface area contributed by atoms with Crippen LogP contribution in [0.1, 0.15) is 96.1 Å². The molecule has 6 atom stereocenters.